The fourth-order valence-corrected chi connectivity index (χ4v) is 3.26. The normalized spacial score (nSPS) is 21.6. The van der Waals surface area contributed by atoms with Crippen molar-refractivity contribution in [1.82, 2.24) is 5.32 Å². The molecule has 1 fully saturated rings. The van der Waals surface area contributed by atoms with Crippen molar-refractivity contribution in [1.29, 1.82) is 0 Å². The smallest absolute Gasteiger partial charge is 0.407 e. The van der Waals surface area contributed by atoms with Crippen molar-refractivity contribution in [2.75, 3.05) is 5.32 Å². The number of rotatable bonds is 3. The zero-order valence-corrected chi connectivity index (χ0v) is 16.0. The van der Waals surface area contributed by atoms with Crippen LogP contribution in [0.5, 0.6) is 0 Å². The van der Waals surface area contributed by atoms with E-state index in [2.05, 4.69) is 45.6 Å². The van der Waals surface area contributed by atoms with Gasteiger partial charge in [-0.25, -0.2) is 4.79 Å². The zero-order valence-electron chi connectivity index (χ0n) is 14.4. The van der Waals surface area contributed by atoms with Crippen LogP contribution in [0.3, 0.4) is 0 Å². The summed E-state index contributed by atoms with van der Waals surface area (Å²) < 4.78 is 6.43. The molecule has 128 valence electrons. The van der Waals surface area contributed by atoms with Gasteiger partial charge in [-0.3, -0.25) is 0 Å². The lowest BCUT2D eigenvalue weighted by Gasteiger charge is -2.32. The molecule has 5 heteroatoms. The highest BCUT2D eigenvalue weighted by Crippen LogP contribution is 2.26. The Kier molecular flexibility index (Phi) is 5.95. The van der Waals surface area contributed by atoms with Gasteiger partial charge in [0.25, 0.3) is 0 Å². The van der Waals surface area contributed by atoms with Crippen LogP contribution in [0.15, 0.2) is 22.7 Å². The minimum absolute atomic E-state index is 0.170. The van der Waals surface area contributed by atoms with Crippen molar-refractivity contribution in [3.05, 3.63) is 28.2 Å². The number of benzene rings is 1. The number of alkyl carbamates (subject to hydrolysis) is 1. The second-order valence-corrected chi connectivity index (χ2v) is 8.23. The lowest BCUT2D eigenvalue weighted by molar-refractivity contribution is 0.0492. The van der Waals surface area contributed by atoms with Gasteiger partial charge in [-0.1, -0.05) is 22.0 Å². The van der Waals surface area contributed by atoms with Crippen LogP contribution in [-0.4, -0.2) is 23.8 Å². The first kappa shape index (κ1) is 18.1. The Balaban J connectivity index is 1.90. The van der Waals surface area contributed by atoms with Crippen LogP contribution in [0.1, 0.15) is 52.0 Å². The van der Waals surface area contributed by atoms with E-state index in [4.69, 9.17) is 4.74 Å². The minimum atomic E-state index is -0.455. The summed E-state index contributed by atoms with van der Waals surface area (Å²) >= 11 is 3.52. The van der Waals surface area contributed by atoms with Gasteiger partial charge < -0.3 is 15.4 Å². The summed E-state index contributed by atoms with van der Waals surface area (Å²) in [5.41, 5.74) is 1.93. The van der Waals surface area contributed by atoms with Gasteiger partial charge in [-0.15, -0.1) is 0 Å². The van der Waals surface area contributed by atoms with Gasteiger partial charge in [0.2, 0.25) is 0 Å². The van der Waals surface area contributed by atoms with E-state index in [0.717, 1.165) is 35.8 Å². The van der Waals surface area contributed by atoms with Crippen molar-refractivity contribution in [3.8, 4) is 0 Å². The third kappa shape index (κ3) is 6.05. The number of nitrogens with one attached hydrogen (secondary N) is 2. The van der Waals surface area contributed by atoms with Crippen LogP contribution >= 0.6 is 15.9 Å². The van der Waals surface area contributed by atoms with E-state index < -0.39 is 5.60 Å². The maximum atomic E-state index is 11.9. The molecule has 1 aromatic rings. The quantitative estimate of drug-likeness (QED) is 0.772. The van der Waals surface area contributed by atoms with E-state index in [1.807, 2.05) is 26.8 Å². The van der Waals surface area contributed by atoms with E-state index in [0.29, 0.717) is 6.04 Å². The number of carbonyl (C=O) groups is 1. The second kappa shape index (κ2) is 7.56. The van der Waals surface area contributed by atoms with Crippen molar-refractivity contribution in [3.63, 3.8) is 0 Å². The van der Waals surface area contributed by atoms with Gasteiger partial charge >= 0.3 is 6.09 Å². The molecule has 0 aromatic heterocycles. The Bertz CT molecular complexity index is 554. The van der Waals surface area contributed by atoms with Crippen LogP contribution in [-0.2, 0) is 4.74 Å². The Morgan fingerprint density at radius 1 is 1.26 bits per heavy atom. The molecule has 0 spiro atoms. The van der Waals surface area contributed by atoms with Crippen molar-refractivity contribution >= 4 is 27.7 Å². The molecule has 1 aromatic carbocycles. The number of aryl methyl sites for hydroxylation is 1. The van der Waals surface area contributed by atoms with Crippen LogP contribution in [0.2, 0.25) is 0 Å². The van der Waals surface area contributed by atoms with Gasteiger partial charge in [0.05, 0.1) is 0 Å². The van der Waals surface area contributed by atoms with E-state index in [-0.39, 0.29) is 12.1 Å². The van der Waals surface area contributed by atoms with Crippen molar-refractivity contribution < 1.29 is 9.53 Å². The molecule has 1 aliphatic rings. The third-order valence-corrected chi connectivity index (χ3v) is 4.45. The molecule has 0 heterocycles. The Morgan fingerprint density at radius 3 is 2.65 bits per heavy atom. The maximum Gasteiger partial charge on any atom is 0.407 e. The predicted molar refractivity (Wildman–Crippen MR) is 97.9 cm³/mol. The first-order valence-electron chi connectivity index (χ1n) is 8.25. The number of carbonyl (C=O) groups excluding carboxylic acids is 1. The molecule has 1 aliphatic carbocycles. The molecule has 2 atom stereocenters. The van der Waals surface area contributed by atoms with Crippen molar-refractivity contribution in [2.45, 2.75) is 71.1 Å². The molecule has 0 aliphatic heterocycles. The van der Waals surface area contributed by atoms with Crippen LogP contribution in [0, 0.1) is 6.92 Å². The number of halogens is 1. The molecule has 1 saturated carbocycles. The topological polar surface area (TPSA) is 50.4 Å². The first-order chi connectivity index (χ1) is 10.7. The van der Waals surface area contributed by atoms with E-state index in [1.165, 1.54) is 5.56 Å². The summed E-state index contributed by atoms with van der Waals surface area (Å²) in [6.45, 7) is 7.75. The van der Waals surface area contributed by atoms with Crippen LogP contribution in [0.25, 0.3) is 0 Å². The number of amides is 1. The lowest BCUT2D eigenvalue weighted by atomic mass is 9.90. The molecule has 4 nitrogen and oxygen atoms in total. The first-order valence-corrected chi connectivity index (χ1v) is 9.04. The summed E-state index contributed by atoms with van der Waals surface area (Å²) in [6.07, 6.45) is 3.84. The van der Waals surface area contributed by atoms with Gasteiger partial charge in [-0.05, 0) is 71.1 Å². The Morgan fingerprint density at radius 2 is 1.96 bits per heavy atom. The monoisotopic (exact) mass is 382 g/mol. The average Bonchev–Trinajstić information content (AvgIpc) is 2.41. The molecule has 0 saturated heterocycles. The van der Waals surface area contributed by atoms with Gasteiger partial charge in [0, 0.05) is 22.2 Å². The molecule has 1 amide bonds. The number of ether oxygens (including phenoxy) is 1. The molecule has 2 unspecified atom stereocenters. The van der Waals surface area contributed by atoms with Gasteiger partial charge in [0.1, 0.15) is 5.60 Å². The van der Waals surface area contributed by atoms with Crippen LogP contribution < -0.4 is 10.6 Å². The molecule has 2 N–H and O–H groups in total. The Hall–Kier alpha value is -1.23. The lowest BCUT2D eigenvalue weighted by Crippen LogP contribution is -2.43. The number of hydrogen-bond acceptors (Lipinski definition) is 3. The highest BCUT2D eigenvalue weighted by atomic mass is 79.9. The second-order valence-electron chi connectivity index (χ2n) is 7.31. The molecule has 0 bridgehead atoms. The number of anilines is 1. The van der Waals surface area contributed by atoms with E-state index in [9.17, 15) is 4.79 Å². The maximum absolute atomic E-state index is 11.9. The molecule has 0 radical (unpaired) electrons. The molecular weight excluding hydrogens is 356 g/mol. The van der Waals surface area contributed by atoms with Gasteiger partial charge in [0.15, 0.2) is 0 Å². The predicted octanol–water partition coefficient (Wildman–Crippen LogP) is 5.01. The van der Waals surface area contributed by atoms with Crippen molar-refractivity contribution in [2.24, 2.45) is 0 Å². The molecule has 23 heavy (non-hydrogen) atoms. The summed E-state index contributed by atoms with van der Waals surface area (Å²) in [7, 11) is 0. The summed E-state index contributed by atoms with van der Waals surface area (Å²) in [4.78, 5) is 11.9. The highest BCUT2D eigenvalue weighted by molar-refractivity contribution is 9.10. The largest absolute Gasteiger partial charge is 0.444 e. The molecule has 2 rings (SSSR count). The SMILES string of the molecule is Cc1ccc(Br)cc1NC1CCCC(NC(=O)OC(C)(C)C)C1. The van der Waals surface area contributed by atoms with Crippen LogP contribution in [0.4, 0.5) is 10.5 Å². The summed E-state index contributed by atoms with van der Waals surface area (Å²) in [5.74, 6) is 0. The molecular formula is C18H27BrN2O2. The summed E-state index contributed by atoms with van der Waals surface area (Å²) in [6, 6.07) is 6.81. The number of hydrogen-bond donors (Lipinski definition) is 2. The minimum Gasteiger partial charge on any atom is -0.444 e. The van der Waals surface area contributed by atoms with E-state index in [1.54, 1.807) is 0 Å². The van der Waals surface area contributed by atoms with Gasteiger partial charge in [-0.2, -0.15) is 0 Å². The standard InChI is InChI=1S/C18H27BrN2O2/c1-12-8-9-13(19)10-16(12)20-14-6-5-7-15(11-14)21-17(22)23-18(2,3)4/h8-10,14-15,20H,5-7,11H2,1-4H3,(H,21,22). The highest BCUT2D eigenvalue weighted by Gasteiger charge is 2.25. The fraction of sp³-hybridized carbons (Fsp3) is 0.611. The Labute approximate surface area is 147 Å². The average molecular weight is 383 g/mol. The summed E-state index contributed by atoms with van der Waals surface area (Å²) in [5, 5.41) is 6.63. The fourth-order valence-electron chi connectivity index (χ4n) is 2.90. The zero-order chi connectivity index (χ0) is 17.0. The van der Waals surface area contributed by atoms with E-state index >= 15 is 0 Å². The third-order valence-electron chi connectivity index (χ3n) is 3.95.